The lowest BCUT2D eigenvalue weighted by Gasteiger charge is -2.20. The van der Waals surface area contributed by atoms with Gasteiger partial charge in [-0.3, -0.25) is 4.79 Å². The molecule has 0 radical (unpaired) electrons. The van der Waals surface area contributed by atoms with Gasteiger partial charge in [0.15, 0.2) is 0 Å². The van der Waals surface area contributed by atoms with Crippen LogP contribution in [-0.2, 0) is 10.2 Å². The Morgan fingerprint density at radius 3 is 2.40 bits per heavy atom. The van der Waals surface area contributed by atoms with Crippen molar-refractivity contribution in [3.05, 3.63) is 16.5 Å². The number of carbonyl (C=O) groups excluding carboxylic acids is 1. The van der Waals surface area contributed by atoms with Crippen LogP contribution in [-0.4, -0.2) is 40.4 Å². The maximum absolute atomic E-state index is 12.0. The quantitative estimate of drug-likeness (QED) is 0.836. The van der Waals surface area contributed by atoms with Gasteiger partial charge in [0.05, 0.1) is 6.54 Å². The first kappa shape index (κ1) is 16.9. The molecule has 1 heterocycles. The molecule has 0 bridgehead atoms. The third-order valence-corrected chi connectivity index (χ3v) is 3.31. The third-order valence-electron chi connectivity index (χ3n) is 2.90. The van der Waals surface area contributed by atoms with E-state index < -0.39 is 0 Å². The number of hydrogen-bond donors (Lipinski definition) is 1. The van der Waals surface area contributed by atoms with E-state index in [1.165, 1.54) is 0 Å². The van der Waals surface area contributed by atoms with E-state index in [1.807, 2.05) is 13.8 Å². The summed E-state index contributed by atoms with van der Waals surface area (Å²) in [5.41, 5.74) is -0.136. The number of amides is 1. The molecule has 1 amide bonds. The Hall–Kier alpha value is -1.17. The molecule has 0 aliphatic rings. The van der Waals surface area contributed by atoms with E-state index in [2.05, 4.69) is 52.0 Å². The zero-order valence-corrected chi connectivity index (χ0v) is 14.4. The molecular weight excluding hydrogens is 320 g/mol. The van der Waals surface area contributed by atoms with Crippen molar-refractivity contribution in [1.29, 1.82) is 0 Å². The predicted octanol–water partition coefficient (Wildman–Crippen LogP) is 2.82. The van der Waals surface area contributed by atoms with Crippen LogP contribution in [0.3, 0.4) is 0 Å². The van der Waals surface area contributed by atoms with Crippen LogP contribution in [0.5, 0.6) is 0 Å². The van der Waals surface area contributed by atoms with Gasteiger partial charge in [-0.1, -0.05) is 20.8 Å². The fourth-order valence-electron chi connectivity index (χ4n) is 1.70. The summed E-state index contributed by atoms with van der Waals surface area (Å²) in [5.74, 6) is 1.48. The second-order valence-corrected chi connectivity index (χ2v) is 6.38. The third kappa shape index (κ3) is 4.74. The van der Waals surface area contributed by atoms with Crippen LogP contribution in [0.1, 0.15) is 40.4 Å². The number of aromatic nitrogens is 2. The molecule has 0 saturated heterocycles. The highest BCUT2D eigenvalue weighted by molar-refractivity contribution is 9.10. The number of nitrogens with zero attached hydrogens (tertiary/aromatic N) is 3. The number of rotatable bonds is 5. The molecule has 112 valence electrons. The van der Waals surface area contributed by atoms with Gasteiger partial charge in [0.25, 0.3) is 0 Å². The average Bonchev–Trinajstić information content (AvgIpc) is 2.36. The molecule has 5 nitrogen and oxygen atoms in total. The Labute approximate surface area is 129 Å². The molecule has 0 fully saturated rings. The van der Waals surface area contributed by atoms with Crippen molar-refractivity contribution in [2.45, 2.75) is 40.0 Å². The first-order chi connectivity index (χ1) is 9.27. The molecule has 0 saturated carbocycles. The minimum absolute atomic E-state index is 0.0713. The van der Waals surface area contributed by atoms with Crippen molar-refractivity contribution in [3.8, 4) is 0 Å². The Kier molecular flexibility index (Phi) is 5.92. The molecule has 1 rings (SSSR count). The lowest BCUT2D eigenvalue weighted by molar-refractivity contribution is -0.128. The Morgan fingerprint density at radius 1 is 1.30 bits per heavy atom. The minimum atomic E-state index is -0.136. The monoisotopic (exact) mass is 342 g/mol. The zero-order chi connectivity index (χ0) is 15.3. The summed E-state index contributed by atoms with van der Waals surface area (Å²) in [6.45, 7) is 11.8. The predicted molar refractivity (Wildman–Crippen MR) is 84.8 cm³/mol. The van der Waals surface area contributed by atoms with Gasteiger partial charge < -0.3 is 10.2 Å². The van der Waals surface area contributed by atoms with Gasteiger partial charge in [-0.25, -0.2) is 9.97 Å². The van der Waals surface area contributed by atoms with Gasteiger partial charge >= 0.3 is 0 Å². The molecular formula is C14H23BrN4O. The maximum Gasteiger partial charge on any atom is 0.241 e. The summed E-state index contributed by atoms with van der Waals surface area (Å²) in [7, 11) is 0. The van der Waals surface area contributed by atoms with Crippen LogP contribution < -0.4 is 5.32 Å². The highest BCUT2D eigenvalue weighted by Gasteiger charge is 2.19. The Balaban J connectivity index is 2.79. The normalized spacial score (nSPS) is 11.3. The highest BCUT2D eigenvalue weighted by Crippen LogP contribution is 2.22. The van der Waals surface area contributed by atoms with Crippen molar-refractivity contribution < 1.29 is 4.79 Å². The molecule has 20 heavy (non-hydrogen) atoms. The van der Waals surface area contributed by atoms with Crippen LogP contribution in [0.15, 0.2) is 10.7 Å². The lowest BCUT2D eigenvalue weighted by atomic mass is 9.96. The first-order valence-electron chi connectivity index (χ1n) is 6.84. The molecule has 0 unspecified atom stereocenters. The second kappa shape index (κ2) is 7.02. The van der Waals surface area contributed by atoms with E-state index in [0.717, 1.165) is 23.5 Å². The number of halogens is 1. The number of carbonyl (C=O) groups is 1. The van der Waals surface area contributed by atoms with Crippen LogP contribution in [0.25, 0.3) is 0 Å². The van der Waals surface area contributed by atoms with Gasteiger partial charge in [-0.05, 0) is 29.8 Å². The summed E-state index contributed by atoms with van der Waals surface area (Å²) >= 11 is 3.38. The molecule has 0 aromatic carbocycles. The summed E-state index contributed by atoms with van der Waals surface area (Å²) in [4.78, 5) is 22.6. The van der Waals surface area contributed by atoms with Crippen molar-refractivity contribution in [2.24, 2.45) is 0 Å². The van der Waals surface area contributed by atoms with Crippen molar-refractivity contribution in [2.75, 3.05) is 25.0 Å². The Morgan fingerprint density at radius 2 is 1.90 bits per heavy atom. The van der Waals surface area contributed by atoms with E-state index in [9.17, 15) is 4.79 Å². The Bertz CT molecular complexity index is 467. The first-order valence-corrected chi connectivity index (χ1v) is 7.64. The molecule has 0 atom stereocenters. The van der Waals surface area contributed by atoms with Gasteiger partial charge in [-0.2, -0.15) is 0 Å². The SMILES string of the molecule is CCN(CC)C(=O)CNc1cc(Br)nc(C(C)(C)C)n1. The van der Waals surface area contributed by atoms with Crippen molar-refractivity contribution in [1.82, 2.24) is 14.9 Å². The van der Waals surface area contributed by atoms with E-state index in [-0.39, 0.29) is 17.9 Å². The van der Waals surface area contributed by atoms with Crippen LogP contribution >= 0.6 is 15.9 Å². The molecule has 0 spiro atoms. The maximum atomic E-state index is 12.0. The highest BCUT2D eigenvalue weighted by atomic mass is 79.9. The fraction of sp³-hybridized carbons (Fsp3) is 0.643. The van der Waals surface area contributed by atoms with Crippen LogP contribution in [0, 0.1) is 0 Å². The smallest absolute Gasteiger partial charge is 0.241 e. The van der Waals surface area contributed by atoms with Gasteiger partial charge in [0.1, 0.15) is 16.2 Å². The molecule has 1 aromatic rings. The second-order valence-electron chi connectivity index (χ2n) is 5.57. The van der Waals surface area contributed by atoms with Crippen LogP contribution in [0.2, 0.25) is 0 Å². The van der Waals surface area contributed by atoms with E-state index in [4.69, 9.17) is 0 Å². The molecule has 6 heteroatoms. The average molecular weight is 343 g/mol. The largest absolute Gasteiger partial charge is 0.361 e. The van der Waals surface area contributed by atoms with Gasteiger partial charge in [0.2, 0.25) is 5.91 Å². The number of nitrogens with one attached hydrogen (secondary N) is 1. The summed E-state index contributed by atoms with van der Waals surface area (Å²) < 4.78 is 0.718. The molecule has 0 aliphatic carbocycles. The van der Waals surface area contributed by atoms with E-state index >= 15 is 0 Å². The summed E-state index contributed by atoms with van der Waals surface area (Å²) in [6, 6.07) is 1.78. The van der Waals surface area contributed by atoms with E-state index in [0.29, 0.717) is 5.82 Å². The molecule has 0 aliphatic heterocycles. The van der Waals surface area contributed by atoms with Crippen molar-refractivity contribution >= 4 is 27.7 Å². The van der Waals surface area contributed by atoms with Crippen molar-refractivity contribution in [3.63, 3.8) is 0 Å². The topological polar surface area (TPSA) is 58.1 Å². The van der Waals surface area contributed by atoms with Gasteiger partial charge in [0, 0.05) is 24.6 Å². The van der Waals surface area contributed by atoms with E-state index in [1.54, 1.807) is 11.0 Å². The lowest BCUT2D eigenvalue weighted by Crippen LogP contribution is -2.35. The fourth-order valence-corrected chi connectivity index (χ4v) is 2.08. The molecule has 1 N–H and O–H groups in total. The standard InChI is InChI=1S/C14H23BrN4O/c1-6-19(7-2)12(20)9-16-11-8-10(15)17-13(18-11)14(3,4)5/h8H,6-7,9H2,1-5H3,(H,16,17,18). The summed E-state index contributed by atoms with van der Waals surface area (Å²) in [6.07, 6.45) is 0. The zero-order valence-electron chi connectivity index (χ0n) is 12.8. The number of hydrogen-bond acceptors (Lipinski definition) is 4. The number of likely N-dealkylation sites (N-methyl/N-ethyl adjacent to an activating group) is 1. The summed E-state index contributed by atoms with van der Waals surface area (Å²) in [5, 5.41) is 3.07. The molecule has 1 aromatic heterocycles. The van der Waals surface area contributed by atoms with Gasteiger partial charge in [-0.15, -0.1) is 0 Å². The minimum Gasteiger partial charge on any atom is -0.361 e. The number of anilines is 1. The van der Waals surface area contributed by atoms with Crippen LogP contribution in [0.4, 0.5) is 5.82 Å².